The van der Waals surface area contributed by atoms with Gasteiger partial charge in [-0.3, -0.25) is 9.59 Å². The average Bonchev–Trinajstić information content (AvgIpc) is 2.70. The first kappa shape index (κ1) is 20.6. The van der Waals surface area contributed by atoms with Gasteiger partial charge in [0.25, 0.3) is 0 Å². The molecule has 1 aliphatic rings. The molecule has 0 aromatic heterocycles. The molecule has 0 saturated carbocycles. The summed E-state index contributed by atoms with van der Waals surface area (Å²) in [4.78, 5) is 40.8. The molecule has 1 saturated heterocycles. The van der Waals surface area contributed by atoms with Gasteiger partial charge in [-0.05, 0) is 50.2 Å². The third-order valence-corrected chi connectivity index (χ3v) is 5.17. The summed E-state index contributed by atoms with van der Waals surface area (Å²) in [7, 11) is 0. The molecule has 2 aromatic carbocycles. The van der Waals surface area contributed by atoms with Crippen molar-refractivity contribution in [1.82, 2.24) is 5.32 Å². The summed E-state index contributed by atoms with van der Waals surface area (Å²) in [5, 5.41) is 5.27. The van der Waals surface area contributed by atoms with Crippen molar-refractivity contribution in [3.05, 3.63) is 59.7 Å². The third-order valence-electron chi connectivity index (χ3n) is 4.09. The number of benzene rings is 2. The molecule has 2 N–H and O–H groups in total. The molecule has 3 rings (SSSR count). The fourth-order valence-electron chi connectivity index (χ4n) is 2.61. The zero-order valence-electron chi connectivity index (χ0n) is 16.1. The zero-order valence-corrected chi connectivity index (χ0v) is 16.9. The van der Waals surface area contributed by atoms with E-state index in [2.05, 4.69) is 15.6 Å². The van der Waals surface area contributed by atoms with E-state index in [0.717, 1.165) is 5.56 Å². The number of nitrogens with zero attached hydrogens (tertiary/aromatic N) is 1. The quantitative estimate of drug-likeness (QED) is 0.735. The number of thioether (sulfide) groups is 1. The summed E-state index contributed by atoms with van der Waals surface area (Å²) in [6, 6.07) is 14.0. The second-order valence-corrected chi connectivity index (χ2v) is 7.59. The number of esters is 1. The SMILES string of the molecule is CCOC(=O)c1ccc(NC(=O)C2CC(=O)NC(=Nc3ccc(C)cc3)S2)cc1. The van der Waals surface area contributed by atoms with Crippen molar-refractivity contribution in [1.29, 1.82) is 0 Å². The molecule has 0 aliphatic carbocycles. The summed E-state index contributed by atoms with van der Waals surface area (Å²) < 4.78 is 4.94. The molecule has 29 heavy (non-hydrogen) atoms. The normalized spacial score (nSPS) is 17.5. The lowest BCUT2D eigenvalue weighted by Gasteiger charge is -2.22. The number of amidine groups is 1. The van der Waals surface area contributed by atoms with Crippen molar-refractivity contribution in [3.63, 3.8) is 0 Å². The van der Waals surface area contributed by atoms with E-state index >= 15 is 0 Å². The Labute approximate surface area is 172 Å². The Morgan fingerprint density at radius 1 is 1.17 bits per heavy atom. The van der Waals surface area contributed by atoms with Gasteiger partial charge in [-0.1, -0.05) is 29.5 Å². The number of nitrogens with one attached hydrogen (secondary N) is 2. The number of carbonyl (C=O) groups excluding carboxylic acids is 3. The minimum Gasteiger partial charge on any atom is -0.462 e. The first-order valence-electron chi connectivity index (χ1n) is 9.14. The van der Waals surface area contributed by atoms with Crippen LogP contribution < -0.4 is 10.6 Å². The Balaban J connectivity index is 1.66. The zero-order chi connectivity index (χ0) is 20.8. The lowest BCUT2D eigenvalue weighted by molar-refractivity contribution is -0.123. The van der Waals surface area contributed by atoms with Crippen LogP contribution in [0.15, 0.2) is 53.5 Å². The van der Waals surface area contributed by atoms with Crippen LogP contribution in [0.5, 0.6) is 0 Å². The van der Waals surface area contributed by atoms with Gasteiger partial charge < -0.3 is 15.4 Å². The minimum absolute atomic E-state index is 0.0598. The molecular formula is C21H21N3O4S. The second-order valence-electron chi connectivity index (χ2n) is 6.40. The van der Waals surface area contributed by atoms with Crippen molar-refractivity contribution in [3.8, 4) is 0 Å². The van der Waals surface area contributed by atoms with E-state index < -0.39 is 11.2 Å². The minimum atomic E-state index is -0.599. The second kappa shape index (κ2) is 9.38. The van der Waals surface area contributed by atoms with E-state index in [1.807, 2.05) is 31.2 Å². The predicted octanol–water partition coefficient (Wildman–Crippen LogP) is 3.42. The van der Waals surface area contributed by atoms with Gasteiger partial charge in [0.15, 0.2) is 5.17 Å². The molecule has 2 aromatic rings. The molecule has 7 nitrogen and oxygen atoms in total. The van der Waals surface area contributed by atoms with Crippen LogP contribution in [-0.4, -0.2) is 34.8 Å². The molecule has 1 unspecified atom stereocenters. The number of amides is 2. The fraction of sp³-hybridized carbons (Fsp3) is 0.238. The molecule has 1 atom stereocenters. The first-order chi connectivity index (χ1) is 13.9. The molecule has 1 fully saturated rings. The fourth-order valence-corrected chi connectivity index (χ4v) is 3.61. The molecule has 0 bridgehead atoms. The first-order valence-corrected chi connectivity index (χ1v) is 10.0. The van der Waals surface area contributed by atoms with Gasteiger partial charge in [-0.15, -0.1) is 0 Å². The van der Waals surface area contributed by atoms with Crippen molar-refractivity contribution < 1.29 is 19.1 Å². The number of rotatable bonds is 5. The molecule has 1 heterocycles. The molecule has 1 aliphatic heterocycles. The summed E-state index contributed by atoms with van der Waals surface area (Å²) in [5.41, 5.74) is 2.75. The van der Waals surface area contributed by atoms with Crippen LogP contribution in [0.2, 0.25) is 0 Å². The van der Waals surface area contributed by atoms with Gasteiger partial charge in [-0.25, -0.2) is 9.79 Å². The van der Waals surface area contributed by atoms with E-state index in [4.69, 9.17) is 4.74 Å². The molecule has 0 radical (unpaired) electrons. The smallest absolute Gasteiger partial charge is 0.338 e. The Hall–Kier alpha value is -3.13. The van der Waals surface area contributed by atoms with Crippen molar-refractivity contribution >= 4 is 46.1 Å². The average molecular weight is 411 g/mol. The van der Waals surface area contributed by atoms with Gasteiger partial charge in [0, 0.05) is 12.1 Å². The van der Waals surface area contributed by atoms with Crippen LogP contribution >= 0.6 is 11.8 Å². The lowest BCUT2D eigenvalue weighted by Crippen LogP contribution is -2.41. The number of hydrogen-bond acceptors (Lipinski definition) is 6. The highest BCUT2D eigenvalue weighted by Crippen LogP contribution is 2.25. The molecule has 8 heteroatoms. The number of hydrogen-bond donors (Lipinski definition) is 2. The Bertz CT molecular complexity index is 939. The van der Waals surface area contributed by atoms with E-state index in [9.17, 15) is 14.4 Å². The van der Waals surface area contributed by atoms with Crippen molar-refractivity contribution in [2.75, 3.05) is 11.9 Å². The topological polar surface area (TPSA) is 96.9 Å². The maximum absolute atomic E-state index is 12.6. The van der Waals surface area contributed by atoms with E-state index in [1.165, 1.54) is 11.8 Å². The Kier molecular flexibility index (Phi) is 6.66. The van der Waals surface area contributed by atoms with Crippen LogP contribution in [0.3, 0.4) is 0 Å². The molecular weight excluding hydrogens is 390 g/mol. The number of carbonyl (C=O) groups is 3. The summed E-state index contributed by atoms with van der Waals surface area (Å²) in [6.07, 6.45) is 0.0598. The van der Waals surface area contributed by atoms with E-state index in [-0.39, 0.29) is 18.2 Å². The number of aliphatic imine (C=N–C) groups is 1. The molecule has 2 amide bonds. The number of ether oxygens (including phenoxy) is 1. The van der Waals surface area contributed by atoms with Crippen molar-refractivity contribution in [2.45, 2.75) is 25.5 Å². The third kappa shape index (κ3) is 5.68. The summed E-state index contributed by atoms with van der Waals surface area (Å²) in [5.74, 6) is -0.973. The molecule has 150 valence electrons. The number of aryl methyl sites for hydroxylation is 1. The largest absolute Gasteiger partial charge is 0.462 e. The van der Waals surface area contributed by atoms with Crippen LogP contribution in [-0.2, 0) is 14.3 Å². The van der Waals surface area contributed by atoms with Crippen molar-refractivity contribution in [2.24, 2.45) is 4.99 Å². The standard InChI is InChI=1S/C21H21N3O4S/c1-3-28-20(27)14-6-10-15(11-7-14)22-19(26)17-12-18(25)24-21(29-17)23-16-8-4-13(2)5-9-16/h4-11,17H,3,12H2,1-2H3,(H,22,26)(H,23,24,25). The van der Waals surface area contributed by atoms with Gasteiger partial charge in [0.05, 0.1) is 17.9 Å². The molecule has 0 spiro atoms. The monoisotopic (exact) mass is 411 g/mol. The predicted molar refractivity (Wildman–Crippen MR) is 113 cm³/mol. The Morgan fingerprint density at radius 3 is 2.52 bits per heavy atom. The lowest BCUT2D eigenvalue weighted by atomic mass is 10.2. The number of anilines is 1. The highest BCUT2D eigenvalue weighted by molar-refractivity contribution is 8.15. The summed E-state index contributed by atoms with van der Waals surface area (Å²) in [6.45, 7) is 4.01. The van der Waals surface area contributed by atoms with Gasteiger partial charge in [0.2, 0.25) is 11.8 Å². The van der Waals surface area contributed by atoms with Crippen LogP contribution in [0.25, 0.3) is 0 Å². The van der Waals surface area contributed by atoms with Crippen LogP contribution in [0.1, 0.15) is 29.3 Å². The maximum atomic E-state index is 12.6. The van der Waals surface area contributed by atoms with E-state index in [0.29, 0.717) is 28.7 Å². The van der Waals surface area contributed by atoms with Gasteiger partial charge in [0.1, 0.15) is 5.25 Å². The highest BCUT2D eigenvalue weighted by Gasteiger charge is 2.30. The van der Waals surface area contributed by atoms with Crippen LogP contribution in [0.4, 0.5) is 11.4 Å². The summed E-state index contributed by atoms with van der Waals surface area (Å²) >= 11 is 1.21. The van der Waals surface area contributed by atoms with Gasteiger partial charge >= 0.3 is 5.97 Å². The Morgan fingerprint density at radius 2 is 1.86 bits per heavy atom. The maximum Gasteiger partial charge on any atom is 0.338 e. The van der Waals surface area contributed by atoms with Gasteiger partial charge in [-0.2, -0.15) is 0 Å². The highest BCUT2D eigenvalue weighted by atomic mass is 32.2. The van der Waals surface area contributed by atoms with E-state index in [1.54, 1.807) is 31.2 Å². The van der Waals surface area contributed by atoms with Crippen LogP contribution in [0, 0.1) is 6.92 Å².